The van der Waals surface area contributed by atoms with Crippen molar-refractivity contribution >= 4 is 46.1 Å². The van der Waals surface area contributed by atoms with Crippen molar-refractivity contribution in [1.29, 1.82) is 0 Å². The Morgan fingerprint density at radius 2 is 1.64 bits per heavy atom. The second-order valence-electron chi connectivity index (χ2n) is 5.28. The van der Waals surface area contributed by atoms with E-state index >= 15 is 0 Å². The van der Waals surface area contributed by atoms with Gasteiger partial charge in [-0.1, -0.05) is 25.4 Å². The van der Waals surface area contributed by atoms with E-state index in [-0.39, 0.29) is 11.8 Å². The highest BCUT2D eigenvalue weighted by Gasteiger charge is 2.09. The fourth-order valence-corrected chi connectivity index (χ4v) is 2.79. The third-order valence-electron chi connectivity index (χ3n) is 2.82. The van der Waals surface area contributed by atoms with E-state index in [0.717, 1.165) is 0 Å². The predicted molar refractivity (Wildman–Crippen MR) is 91.8 cm³/mol. The fourth-order valence-electron chi connectivity index (χ4n) is 1.85. The number of rotatable bonds is 5. The summed E-state index contributed by atoms with van der Waals surface area (Å²) in [6, 6.07) is 10.4. The first kappa shape index (κ1) is 16.5. The second kappa shape index (κ2) is 7.42. The van der Waals surface area contributed by atoms with E-state index in [1.807, 2.05) is 13.8 Å². The van der Waals surface area contributed by atoms with E-state index in [4.69, 9.17) is 11.6 Å². The molecule has 22 heavy (non-hydrogen) atoms. The zero-order valence-corrected chi connectivity index (χ0v) is 13.9. The van der Waals surface area contributed by atoms with Crippen LogP contribution in [0.1, 0.15) is 29.9 Å². The smallest absolute Gasteiger partial charge is 0.265 e. The quantitative estimate of drug-likeness (QED) is 0.835. The van der Waals surface area contributed by atoms with Crippen LogP contribution in [0.3, 0.4) is 0 Å². The third-order valence-corrected chi connectivity index (χ3v) is 4.05. The van der Waals surface area contributed by atoms with E-state index in [1.165, 1.54) is 11.3 Å². The molecule has 2 amide bonds. The normalized spacial score (nSPS) is 10.5. The summed E-state index contributed by atoms with van der Waals surface area (Å²) >= 11 is 7.04. The van der Waals surface area contributed by atoms with E-state index in [1.54, 1.807) is 36.4 Å². The molecule has 0 unspecified atom stereocenters. The molecule has 0 fully saturated rings. The van der Waals surface area contributed by atoms with Crippen molar-refractivity contribution in [3.05, 3.63) is 45.6 Å². The van der Waals surface area contributed by atoms with E-state index in [2.05, 4.69) is 10.6 Å². The summed E-state index contributed by atoms with van der Waals surface area (Å²) in [6.45, 7) is 3.99. The molecule has 1 aromatic carbocycles. The van der Waals surface area contributed by atoms with Crippen LogP contribution in [-0.4, -0.2) is 11.8 Å². The Balaban J connectivity index is 1.94. The van der Waals surface area contributed by atoms with Crippen LogP contribution in [0, 0.1) is 5.92 Å². The van der Waals surface area contributed by atoms with Gasteiger partial charge in [0.15, 0.2) is 0 Å². The lowest BCUT2D eigenvalue weighted by Gasteiger charge is -2.08. The first-order valence-electron chi connectivity index (χ1n) is 6.90. The molecule has 0 saturated carbocycles. The number of thiophene rings is 1. The number of hydrogen-bond donors (Lipinski definition) is 2. The molecule has 116 valence electrons. The average Bonchev–Trinajstić information content (AvgIpc) is 2.87. The summed E-state index contributed by atoms with van der Waals surface area (Å²) in [4.78, 5) is 24.2. The molecule has 6 heteroatoms. The summed E-state index contributed by atoms with van der Waals surface area (Å²) in [5.41, 5.74) is 1.37. The Bertz CT molecular complexity index is 665. The molecular weight excluding hydrogens is 320 g/mol. The molecule has 0 atom stereocenters. The van der Waals surface area contributed by atoms with Gasteiger partial charge in [-0.25, -0.2) is 0 Å². The number of anilines is 2. The molecule has 0 aliphatic rings. The van der Waals surface area contributed by atoms with Crippen LogP contribution in [0.5, 0.6) is 0 Å². The van der Waals surface area contributed by atoms with Crippen LogP contribution in [-0.2, 0) is 4.79 Å². The van der Waals surface area contributed by atoms with E-state index in [9.17, 15) is 9.59 Å². The molecule has 1 heterocycles. The Morgan fingerprint density at radius 1 is 1.05 bits per heavy atom. The fraction of sp³-hybridized carbons (Fsp3) is 0.250. The summed E-state index contributed by atoms with van der Waals surface area (Å²) in [5, 5.41) is 5.61. The molecule has 0 bridgehead atoms. The minimum Gasteiger partial charge on any atom is -0.326 e. The van der Waals surface area contributed by atoms with Gasteiger partial charge in [-0.2, -0.15) is 0 Å². The van der Waals surface area contributed by atoms with Gasteiger partial charge in [-0.3, -0.25) is 9.59 Å². The minimum atomic E-state index is -0.200. The van der Waals surface area contributed by atoms with Gasteiger partial charge in [0.2, 0.25) is 5.91 Å². The van der Waals surface area contributed by atoms with Crippen molar-refractivity contribution in [3.63, 3.8) is 0 Å². The van der Waals surface area contributed by atoms with Crippen molar-refractivity contribution in [2.45, 2.75) is 20.3 Å². The van der Waals surface area contributed by atoms with Gasteiger partial charge in [-0.05, 0) is 42.3 Å². The van der Waals surface area contributed by atoms with Gasteiger partial charge in [0, 0.05) is 17.8 Å². The molecule has 2 N–H and O–H groups in total. The van der Waals surface area contributed by atoms with E-state index in [0.29, 0.717) is 32.9 Å². The van der Waals surface area contributed by atoms with Crippen LogP contribution in [0.25, 0.3) is 0 Å². The van der Waals surface area contributed by atoms with Crippen LogP contribution in [0.2, 0.25) is 4.34 Å². The molecule has 2 rings (SSSR count). The van der Waals surface area contributed by atoms with Crippen LogP contribution in [0.15, 0.2) is 36.4 Å². The van der Waals surface area contributed by atoms with Gasteiger partial charge in [-0.15, -0.1) is 11.3 Å². The molecule has 0 radical (unpaired) electrons. The molecular formula is C16H17ClN2O2S. The van der Waals surface area contributed by atoms with Gasteiger partial charge in [0.25, 0.3) is 5.91 Å². The lowest BCUT2D eigenvalue weighted by molar-refractivity contribution is -0.116. The maximum atomic E-state index is 12.0. The Labute approximate surface area is 138 Å². The highest BCUT2D eigenvalue weighted by Crippen LogP contribution is 2.23. The van der Waals surface area contributed by atoms with Gasteiger partial charge in [0.05, 0.1) is 9.21 Å². The number of nitrogens with one attached hydrogen (secondary N) is 2. The van der Waals surface area contributed by atoms with Crippen LogP contribution >= 0.6 is 22.9 Å². The van der Waals surface area contributed by atoms with Crippen molar-refractivity contribution in [3.8, 4) is 0 Å². The Morgan fingerprint density at radius 3 is 2.14 bits per heavy atom. The average molecular weight is 337 g/mol. The Hall–Kier alpha value is -1.85. The molecule has 0 aliphatic carbocycles. The largest absolute Gasteiger partial charge is 0.326 e. The molecule has 0 spiro atoms. The summed E-state index contributed by atoms with van der Waals surface area (Å²) in [5.74, 6) is 0.102. The molecule has 0 aliphatic heterocycles. The second-order valence-corrected chi connectivity index (χ2v) is 7.00. The number of halogens is 1. The zero-order chi connectivity index (χ0) is 16.1. The van der Waals surface area contributed by atoms with Crippen molar-refractivity contribution < 1.29 is 9.59 Å². The predicted octanol–water partition coefficient (Wildman–Crippen LogP) is 4.64. The van der Waals surface area contributed by atoms with Gasteiger partial charge < -0.3 is 10.6 Å². The summed E-state index contributed by atoms with van der Waals surface area (Å²) < 4.78 is 0.577. The van der Waals surface area contributed by atoms with E-state index < -0.39 is 0 Å². The van der Waals surface area contributed by atoms with Gasteiger partial charge >= 0.3 is 0 Å². The lowest BCUT2D eigenvalue weighted by Crippen LogP contribution is -2.14. The zero-order valence-electron chi connectivity index (χ0n) is 12.4. The van der Waals surface area contributed by atoms with Crippen molar-refractivity contribution in [2.75, 3.05) is 10.6 Å². The minimum absolute atomic E-state index is 0.0139. The third kappa shape index (κ3) is 4.86. The van der Waals surface area contributed by atoms with Gasteiger partial charge in [0.1, 0.15) is 0 Å². The highest BCUT2D eigenvalue weighted by atomic mass is 35.5. The van der Waals surface area contributed by atoms with Crippen LogP contribution in [0.4, 0.5) is 11.4 Å². The highest BCUT2D eigenvalue weighted by molar-refractivity contribution is 7.18. The molecule has 1 aromatic heterocycles. The van der Waals surface area contributed by atoms with Crippen molar-refractivity contribution in [1.82, 2.24) is 0 Å². The number of benzene rings is 1. The standard InChI is InChI=1S/C16H17ClN2O2S/c1-10(2)9-15(20)18-11-3-5-12(6-4-11)19-16(21)13-7-8-14(17)22-13/h3-8,10H,9H2,1-2H3,(H,18,20)(H,19,21). The maximum absolute atomic E-state index is 12.0. The SMILES string of the molecule is CC(C)CC(=O)Nc1ccc(NC(=O)c2ccc(Cl)s2)cc1. The first-order chi connectivity index (χ1) is 10.4. The number of carbonyl (C=O) groups excluding carboxylic acids is 2. The Kier molecular flexibility index (Phi) is 5.57. The lowest BCUT2D eigenvalue weighted by atomic mass is 10.1. The number of amides is 2. The summed E-state index contributed by atoms with van der Waals surface area (Å²) in [6.07, 6.45) is 0.484. The number of carbonyl (C=O) groups is 2. The number of hydrogen-bond acceptors (Lipinski definition) is 3. The first-order valence-corrected chi connectivity index (χ1v) is 8.10. The molecule has 4 nitrogen and oxygen atoms in total. The maximum Gasteiger partial charge on any atom is 0.265 e. The van der Waals surface area contributed by atoms with Crippen LogP contribution < -0.4 is 10.6 Å². The monoisotopic (exact) mass is 336 g/mol. The van der Waals surface area contributed by atoms with Crippen molar-refractivity contribution in [2.24, 2.45) is 5.92 Å². The molecule has 2 aromatic rings. The summed E-state index contributed by atoms with van der Waals surface area (Å²) in [7, 11) is 0. The molecule has 0 saturated heterocycles. The topological polar surface area (TPSA) is 58.2 Å².